The molecule has 0 unspecified atom stereocenters. The van der Waals surface area contributed by atoms with Crippen molar-refractivity contribution >= 4 is 44.2 Å². The molecule has 4 rings (SSSR count). The first kappa shape index (κ1) is 18.5. The third kappa shape index (κ3) is 3.26. The zero-order chi connectivity index (χ0) is 20.0. The van der Waals surface area contributed by atoms with Crippen LogP contribution in [0.15, 0.2) is 34.9 Å². The molecule has 3 aromatic heterocycles. The van der Waals surface area contributed by atoms with Gasteiger partial charge in [0.2, 0.25) is 0 Å². The molecule has 0 aliphatic carbocycles. The number of aryl methyl sites for hydroxylation is 1. The molecule has 0 saturated carbocycles. The Morgan fingerprint density at radius 2 is 1.89 bits per heavy atom. The van der Waals surface area contributed by atoms with E-state index < -0.39 is 24.6 Å². The second-order valence-corrected chi connectivity index (χ2v) is 6.89. The fraction of sp³-hybridized carbons (Fsp3) is 0.176. The van der Waals surface area contributed by atoms with E-state index in [0.717, 1.165) is 23.2 Å². The second-order valence-electron chi connectivity index (χ2n) is 5.97. The molecule has 0 aliphatic rings. The minimum atomic E-state index is -2.77. The summed E-state index contributed by atoms with van der Waals surface area (Å²) in [6.07, 6.45) is -1.77. The molecule has 1 aromatic carbocycles. The third-order valence-electron chi connectivity index (χ3n) is 4.03. The molecular weight excluding hydrogens is 444 g/mol. The van der Waals surface area contributed by atoms with Crippen LogP contribution in [0.5, 0.6) is 0 Å². The quantitative estimate of drug-likeness (QED) is 0.427. The lowest BCUT2D eigenvalue weighted by Crippen LogP contribution is -2.25. The SMILES string of the molecule is Cc1nnc2nc(N(CC(F)F)c3cc(F)cc(Br)c3)c3cc(F)cnc3n12. The fourth-order valence-electron chi connectivity index (χ4n) is 2.95. The van der Waals surface area contributed by atoms with Gasteiger partial charge in [-0.1, -0.05) is 15.9 Å². The maximum Gasteiger partial charge on any atom is 0.258 e. The van der Waals surface area contributed by atoms with Gasteiger partial charge in [-0.2, -0.15) is 4.98 Å². The first-order chi connectivity index (χ1) is 13.3. The maximum atomic E-state index is 13.9. The van der Waals surface area contributed by atoms with Crippen LogP contribution >= 0.6 is 15.9 Å². The fourth-order valence-corrected chi connectivity index (χ4v) is 3.41. The van der Waals surface area contributed by atoms with Gasteiger partial charge in [0.15, 0.2) is 5.65 Å². The zero-order valence-electron chi connectivity index (χ0n) is 14.2. The van der Waals surface area contributed by atoms with Crippen molar-refractivity contribution in [1.29, 1.82) is 0 Å². The Morgan fingerprint density at radius 3 is 2.61 bits per heavy atom. The monoisotopic (exact) mass is 454 g/mol. The molecule has 0 atom stereocenters. The molecule has 28 heavy (non-hydrogen) atoms. The first-order valence-electron chi connectivity index (χ1n) is 8.02. The Bertz CT molecular complexity index is 1180. The van der Waals surface area contributed by atoms with Gasteiger partial charge in [0.05, 0.1) is 18.1 Å². The molecule has 0 amide bonds. The van der Waals surface area contributed by atoms with Gasteiger partial charge < -0.3 is 4.90 Å². The number of hydrogen-bond acceptors (Lipinski definition) is 5. The van der Waals surface area contributed by atoms with Crippen LogP contribution in [-0.2, 0) is 0 Å². The Hall–Kier alpha value is -2.82. The number of pyridine rings is 1. The lowest BCUT2D eigenvalue weighted by atomic mass is 10.2. The van der Waals surface area contributed by atoms with Crippen LogP contribution < -0.4 is 4.90 Å². The summed E-state index contributed by atoms with van der Waals surface area (Å²) in [4.78, 5) is 9.46. The zero-order valence-corrected chi connectivity index (χ0v) is 15.8. The Balaban J connectivity index is 2.05. The van der Waals surface area contributed by atoms with Crippen LogP contribution in [0, 0.1) is 18.6 Å². The number of aromatic nitrogens is 5. The van der Waals surface area contributed by atoms with E-state index in [4.69, 9.17) is 0 Å². The van der Waals surface area contributed by atoms with Crippen molar-refractivity contribution in [3.8, 4) is 0 Å². The van der Waals surface area contributed by atoms with Crippen LogP contribution in [0.2, 0.25) is 0 Å². The molecule has 0 spiro atoms. The number of nitrogens with zero attached hydrogens (tertiary/aromatic N) is 6. The van der Waals surface area contributed by atoms with Gasteiger partial charge in [-0.15, -0.1) is 10.2 Å². The van der Waals surface area contributed by atoms with E-state index in [1.807, 2.05) is 0 Å². The predicted octanol–water partition coefficient (Wildman–Crippen LogP) is 4.42. The summed E-state index contributed by atoms with van der Waals surface area (Å²) in [5, 5.41) is 7.99. The summed E-state index contributed by atoms with van der Waals surface area (Å²) >= 11 is 3.15. The van der Waals surface area contributed by atoms with E-state index in [2.05, 4.69) is 36.1 Å². The highest BCUT2D eigenvalue weighted by molar-refractivity contribution is 9.10. The van der Waals surface area contributed by atoms with Crippen LogP contribution in [0.3, 0.4) is 0 Å². The van der Waals surface area contributed by atoms with Gasteiger partial charge in [0, 0.05) is 10.2 Å². The second kappa shape index (κ2) is 6.97. The Kier molecular flexibility index (Phi) is 4.61. The molecule has 0 aliphatic heterocycles. The van der Waals surface area contributed by atoms with E-state index >= 15 is 0 Å². The van der Waals surface area contributed by atoms with E-state index in [-0.39, 0.29) is 28.3 Å². The molecule has 0 fully saturated rings. The minimum absolute atomic E-state index is 0.0281. The summed E-state index contributed by atoms with van der Waals surface area (Å²) in [6.45, 7) is 0.865. The van der Waals surface area contributed by atoms with Gasteiger partial charge in [-0.05, 0) is 31.2 Å². The van der Waals surface area contributed by atoms with Crippen molar-refractivity contribution in [2.75, 3.05) is 11.4 Å². The van der Waals surface area contributed by atoms with Crippen molar-refractivity contribution in [3.05, 3.63) is 52.4 Å². The highest BCUT2D eigenvalue weighted by Gasteiger charge is 2.23. The van der Waals surface area contributed by atoms with Crippen LogP contribution in [0.4, 0.5) is 29.1 Å². The number of fused-ring (bicyclic) bond motifs is 3. The van der Waals surface area contributed by atoms with Gasteiger partial charge in [-0.3, -0.25) is 0 Å². The standard InChI is InChI=1S/C17H11BrF4N6/c1-8-25-26-17-24-16(13-5-11(20)6-23-15(13)28(8)17)27(7-14(21)22)12-3-9(18)2-10(19)4-12/h2-6,14H,7H2,1H3. The van der Waals surface area contributed by atoms with Crippen molar-refractivity contribution < 1.29 is 17.6 Å². The molecule has 3 heterocycles. The van der Waals surface area contributed by atoms with Crippen molar-refractivity contribution in [2.45, 2.75) is 13.3 Å². The number of halogens is 5. The third-order valence-corrected chi connectivity index (χ3v) is 4.49. The molecule has 0 saturated heterocycles. The highest BCUT2D eigenvalue weighted by atomic mass is 79.9. The van der Waals surface area contributed by atoms with Crippen LogP contribution in [0.25, 0.3) is 16.8 Å². The van der Waals surface area contributed by atoms with E-state index in [9.17, 15) is 17.6 Å². The lowest BCUT2D eigenvalue weighted by molar-refractivity contribution is 0.158. The molecule has 0 N–H and O–H groups in total. The molecule has 11 heteroatoms. The summed E-state index contributed by atoms with van der Waals surface area (Å²) < 4.78 is 56.4. The van der Waals surface area contributed by atoms with Gasteiger partial charge in [0.25, 0.3) is 12.2 Å². The average Bonchev–Trinajstić information content (AvgIpc) is 2.99. The number of rotatable bonds is 4. The largest absolute Gasteiger partial charge is 0.320 e. The van der Waals surface area contributed by atoms with Crippen LogP contribution in [-0.4, -0.2) is 37.5 Å². The van der Waals surface area contributed by atoms with E-state index in [0.29, 0.717) is 10.3 Å². The number of anilines is 2. The number of hydrogen-bond donors (Lipinski definition) is 0. The molecule has 144 valence electrons. The van der Waals surface area contributed by atoms with Crippen LogP contribution in [0.1, 0.15) is 5.82 Å². The molecule has 4 aromatic rings. The van der Waals surface area contributed by atoms with Gasteiger partial charge in [0.1, 0.15) is 23.3 Å². The number of alkyl halides is 2. The lowest BCUT2D eigenvalue weighted by Gasteiger charge is -2.25. The molecular formula is C17H11BrF4N6. The summed E-state index contributed by atoms with van der Waals surface area (Å²) in [6, 6.07) is 4.88. The number of benzene rings is 1. The molecule has 0 bridgehead atoms. The van der Waals surface area contributed by atoms with Crippen molar-refractivity contribution in [2.24, 2.45) is 0 Å². The maximum absolute atomic E-state index is 13.9. The normalized spacial score (nSPS) is 11.7. The summed E-state index contributed by atoms with van der Waals surface area (Å²) in [7, 11) is 0. The summed E-state index contributed by atoms with van der Waals surface area (Å²) in [5.74, 6) is -0.768. The highest BCUT2D eigenvalue weighted by Crippen LogP contribution is 2.33. The van der Waals surface area contributed by atoms with Gasteiger partial charge >= 0.3 is 0 Å². The van der Waals surface area contributed by atoms with E-state index in [1.165, 1.54) is 16.5 Å². The van der Waals surface area contributed by atoms with Crippen molar-refractivity contribution in [1.82, 2.24) is 24.6 Å². The average molecular weight is 455 g/mol. The smallest absolute Gasteiger partial charge is 0.258 e. The Labute approximate surface area is 164 Å². The van der Waals surface area contributed by atoms with E-state index in [1.54, 1.807) is 6.92 Å². The summed E-state index contributed by atoms with van der Waals surface area (Å²) in [5.41, 5.74) is 0.365. The topological polar surface area (TPSA) is 59.2 Å². The minimum Gasteiger partial charge on any atom is -0.320 e. The molecule has 0 radical (unpaired) electrons. The predicted molar refractivity (Wildman–Crippen MR) is 97.9 cm³/mol. The first-order valence-corrected chi connectivity index (χ1v) is 8.81. The van der Waals surface area contributed by atoms with Crippen molar-refractivity contribution in [3.63, 3.8) is 0 Å². The van der Waals surface area contributed by atoms with Gasteiger partial charge in [-0.25, -0.2) is 26.9 Å². The molecule has 6 nitrogen and oxygen atoms in total. The Morgan fingerprint density at radius 1 is 1.11 bits per heavy atom.